The summed E-state index contributed by atoms with van der Waals surface area (Å²) in [7, 11) is 0. The number of carbonyl (C=O) groups excluding carboxylic acids is 1. The van der Waals surface area contributed by atoms with Crippen LogP contribution in [0.5, 0.6) is 0 Å². The van der Waals surface area contributed by atoms with Crippen molar-refractivity contribution in [2.75, 3.05) is 6.54 Å². The molecule has 0 radical (unpaired) electrons. The molecule has 1 N–H and O–H groups in total. The van der Waals surface area contributed by atoms with Gasteiger partial charge in [0.05, 0.1) is 12.0 Å². The Balaban J connectivity index is 1.44. The molecule has 0 aliphatic heterocycles. The molecule has 8 heteroatoms. The van der Waals surface area contributed by atoms with Crippen molar-refractivity contribution in [1.29, 1.82) is 5.26 Å². The maximum atomic E-state index is 12.7. The van der Waals surface area contributed by atoms with Crippen LogP contribution in [0.4, 0.5) is 0 Å². The second-order valence-corrected chi connectivity index (χ2v) is 7.94. The van der Waals surface area contributed by atoms with Gasteiger partial charge in [-0.2, -0.15) is 10.4 Å². The van der Waals surface area contributed by atoms with Gasteiger partial charge in [-0.3, -0.25) is 4.79 Å². The first-order valence-corrected chi connectivity index (χ1v) is 11.2. The van der Waals surface area contributed by atoms with Crippen LogP contribution in [-0.4, -0.2) is 31.8 Å². The topological polar surface area (TPSA) is 102 Å². The molecule has 35 heavy (non-hydrogen) atoms. The molecule has 3 aromatic heterocycles. The standard InChI is InChI=1S/C27H22N6O2/c28-17-21(27(34)30-11-6-13-32-14-12-29-19-32)15-22-18-33(23-8-2-1-3-9-23)31-26(22)25-16-20-7-4-5-10-24(20)35-25/h1-5,7-10,12,14-16,18-19H,6,11,13H2,(H,30,34)/b21-15+. The summed E-state index contributed by atoms with van der Waals surface area (Å²) in [6.07, 6.45) is 9.38. The zero-order chi connectivity index (χ0) is 24.0. The van der Waals surface area contributed by atoms with Gasteiger partial charge in [0, 0.05) is 42.6 Å². The van der Waals surface area contributed by atoms with Gasteiger partial charge in [0.2, 0.25) is 0 Å². The first-order valence-electron chi connectivity index (χ1n) is 11.2. The summed E-state index contributed by atoms with van der Waals surface area (Å²) < 4.78 is 9.69. The Morgan fingerprint density at radius 1 is 1.14 bits per heavy atom. The molecule has 1 amide bonds. The number of benzene rings is 2. The highest BCUT2D eigenvalue weighted by atomic mass is 16.3. The van der Waals surface area contributed by atoms with Crippen LogP contribution in [0.3, 0.4) is 0 Å². The lowest BCUT2D eigenvalue weighted by molar-refractivity contribution is -0.117. The van der Waals surface area contributed by atoms with E-state index in [0.717, 1.165) is 29.6 Å². The number of hydrogen-bond donors (Lipinski definition) is 1. The van der Waals surface area contributed by atoms with Crippen LogP contribution in [0.1, 0.15) is 12.0 Å². The van der Waals surface area contributed by atoms with Gasteiger partial charge >= 0.3 is 0 Å². The second-order valence-electron chi connectivity index (χ2n) is 7.94. The van der Waals surface area contributed by atoms with Crippen molar-refractivity contribution < 1.29 is 9.21 Å². The number of nitrogens with one attached hydrogen (secondary N) is 1. The Morgan fingerprint density at radius 2 is 1.97 bits per heavy atom. The Hall–Kier alpha value is -4.90. The van der Waals surface area contributed by atoms with Crippen LogP contribution in [0.25, 0.3) is 34.2 Å². The second kappa shape index (κ2) is 9.93. The molecular formula is C27H22N6O2. The van der Waals surface area contributed by atoms with Gasteiger partial charge < -0.3 is 14.3 Å². The molecule has 0 fully saturated rings. The smallest absolute Gasteiger partial charge is 0.261 e. The van der Waals surface area contributed by atoms with E-state index in [4.69, 9.17) is 9.52 Å². The van der Waals surface area contributed by atoms with Gasteiger partial charge in [0.15, 0.2) is 5.76 Å². The molecule has 0 unspecified atom stereocenters. The van der Waals surface area contributed by atoms with Crippen LogP contribution in [0.2, 0.25) is 0 Å². The maximum Gasteiger partial charge on any atom is 0.261 e. The molecule has 0 aliphatic carbocycles. The zero-order valence-electron chi connectivity index (χ0n) is 18.8. The first-order chi connectivity index (χ1) is 17.2. The summed E-state index contributed by atoms with van der Waals surface area (Å²) in [5.74, 6) is 0.131. The fourth-order valence-corrected chi connectivity index (χ4v) is 3.78. The summed E-state index contributed by atoms with van der Waals surface area (Å²) in [6.45, 7) is 1.17. The third-order valence-corrected chi connectivity index (χ3v) is 5.52. The summed E-state index contributed by atoms with van der Waals surface area (Å²) in [5, 5.41) is 18.2. The number of carbonyl (C=O) groups is 1. The van der Waals surface area contributed by atoms with Gasteiger partial charge in [-0.1, -0.05) is 36.4 Å². The Labute approximate surface area is 201 Å². The van der Waals surface area contributed by atoms with E-state index in [1.165, 1.54) is 0 Å². The van der Waals surface area contributed by atoms with Crippen molar-refractivity contribution in [2.45, 2.75) is 13.0 Å². The lowest BCUT2D eigenvalue weighted by atomic mass is 10.1. The minimum absolute atomic E-state index is 0.00222. The Bertz CT molecular complexity index is 1490. The number of aromatic nitrogens is 4. The van der Waals surface area contributed by atoms with Crippen molar-refractivity contribution in [1.82, 2.24) is 24.6 Å². The number of amides is 1. The number of rotatable bonds is 8. The fourth-order valence-electron chi connectivity index (χ4n) is 3.78. The molecule has 2 aromatic carbocycles. The molecule has 8 nitrogen and oxygen atoms in total. The third-order valence-electron chi connectivity index (χ3n) is 5.52. The molecule has 0 saturated carbocycles. The van der Waals surface area contributed by atoms with Crippen molar-refractivity contribution >= 4 is 23.0 Å². The van der Waals surface area contributed by atoms with E-state index >= 15 is 0 Å². The molecule has 0 saturated heterocycles. The normalized spacial score (nSPS) is 11.5. The summed E-state index contributed by atoms with van der Waals surface area (Å²) in [5.41, 5.74) is 2.75. The van der Waals surface area contributed by atoms with Crippen LogP contribution in [-0.2, 0) is 11.3 Å². The number of nitriles is 1. The monoisotopic (exact) mass is 462 g/mol. The van der Waals surface area contributed by atoms with E-state index in [1.54, 1.807) is 29.5 Å². The van der Waals surface area contributed by atoms with Crippen LogP contribution >= 0.6 is 0 Å². The maximum absolute atomic E-state index is 12.7. The number of nitrogens with zero attached hydrogens (tertiary/aromatic N) is 5. The fraction of sp³-hybridized carbons (Fsp3) is 0.111. The number of hydrogen-bond acceptors (Lipinski definition) is 5. The average molecular weight is 463 g/mol. The van der Waals surface area contributed by atoms with E-state index in [1.807, 2.05) is 77.5 Å². The highest BCUT2D eigenvalue weighted by Crippen LogP contribution is 2.31. The molecule has 0 aliphatic rings. The quantitative estimate of drug-likeness (QED) is 0.206. The van der Waals surface area contributed by atoms with Gasteiger partial charge in [0.25, 0.3) is 5.91 Å². The summed E-state index contributed by atoms with van der Waals surface area (Å²) in [6, 6.07) is 21.3. The van der Waals surface area contributed by atoms with E-state index in [9.17, 15) is 10.1 Å². The third kappa shape index (κ3) is 4.89. The van der Waals surface area contributed by atoms with Gasteiger partial charge in [-0.15, -0.1) is 0 Å². The number of para-hydroxylation sites is 2. The van der Waals surface area contributed by atoms with Crippen LogP contribution in [0.15, 0.2) is 95.6 Å². The molecule has 5 rings (SSSR count). The number of fused-ring (bicyclic) bond motifs is 1. The molecule has 0 bridgehead atoms. The Kier molecular flexibility index (Phi) is 6.22. The molecule has 3 heterocycles. The van der Waals surface area contributed by atoms with Gasteiger partial charge in [0.1, 0.15) is 22.9 Å². The lowest BCUT2D eigenvalue weighted by Crippen LogP contribution is -2.26. The van der Waals surface area contributed by atoms with E-state index in [0.29, 0.717) is 23.6 Å². The van der Waals surface area contributed by atoms with Crippen molar-refractivity contribution in [3.05, 3.63) is 96.7 Å². The predicted molar refractivity (Wildman–Crippen MR) is 132 cm³/mol. The minimum Gasteiger partial charge on any atom is -0.454 e. The molecule has 172 valence electrons. The van der Waals surface area contributed by atoms with E-state index in [2.05, 4.69) is 10.3 Å². The van der Waals surface area contributed by atoms with Crippen molar-refractivity contribution in [2.24, 2.45) is 0 Å². The predicted octanol–water partition coefficient (Wildman–Crippen LogP) is 4.60. The number of furan rings is 1. The minimum atomic E-state index is -0.429. The summed E-state index contributed by atoms with van der Waals surface area (Å²) >= 11 is 0. The Morgan fingerprint density at radius 3 is 2.74 bits per heavy atom. The van der Waals surface area contributed by atoms with Crippen LogP contribution < -0.4 is 5.32 Å². The number of imidazole rings is 1. The molecule has 0 spiro atoms. The highest BCUT2D eigenvalue weighted by Gasteiger charge is 2.18. The summed E-state index contributed by atoms with van der Waals surface area (Å²) in [4.78, 5) is 16.7. The first kappa shape index (κ1) is 21.9. The SMILES string of the molecule is N#C/C(=C\c1cn(-c2ccccc2)nc1-c1cc2ccccc2o1)C(=O)NCCCn1ccnc1. The van der Waals surface area contributed by atoms with Crippen molar-refractivity contribution in [3.63, 3.8) is 0 Å². The molecular weight excluding hydrogens is 440 g/mol. The molecule has 0 atom stereocenters. The van der Waals surface area contributed by atoms with Crippen molar-refractivity contribution in [3.8, 4) is 23.2 Å². The van der Waals surface area contributed by atoms with E-state index < -0.39 is 5.91 Å². The van der Waals surface area contributed by atoms with E-state index in [-0.39, 0.29) is 5.57 Å². The highest BCUT2D eigenvalue weighted by molar-refractivity contribution is 6.02. The average Bonchev–Trinajstić information content (AvgIpc) is 3.65. The largest absolute Gasteiger partial charge is 0.454 e. The zero-order valence-corrected chi connectivity index (χ0v) is 18.8. The molecule has 5 aromatic rings. The van der Waals surface area contributed by atoms with Gasteiger partial charge in [-0.25, -0.2) is 9.67 Å². The number of aryl methyl sites for hydroxylation is 1. The lowest BCUT2D eigenvalue weighted by Gasteiger charge is -2.05. The van der Waals surface area contributed by atoms with Gasteiger partial charge in [-0.05, 0) is 36.8 Å². The van der Waals surface area contributed by atoms with Crippen LogP contribution in [0, 0.1) is 11.3 Å².